The Kier molecular flexibility index (Phi) is 1.37. The fourth-order valence-electron chi connectivity index (χ4n) is 0.645. The average molecular weight is 114 g/mol. The summed E-state index contributed by atoms with van der Waals surface area (Å²) >= 11 is 0. The van der Waals surface area contributed by atoms with E-state index in [4.69, 9.17) is 10.5 Å². The molecule has 1 heterocycles. The molecule has 1 atom stereocenters. The van der Waals surface area contributed by atoms with Crippen molar-refractivity contribution >= 4 is 6.02 Å². The second kappa shape index (κ2) is 2.03. The standard InChI is InChI=1S/C5H10N2O/c1-2-4-3-8-5(6)7-4/h4H,2-3H2,1H3,(H2,6,7)/t4-/m0/s1. The van der Waals surface area contributed by atoms with Crippen LogP contribution in [0.1, 0.15) is 13.3 Å². The van der Waals surface area contributed by atoms with E-state index in [-0.39, 0.29) is 0 Å². The Morgan fingerprint density at radius 3 is 3.00 bits per heavy atom. The first-order valence-corrected chi connectivity index (χ1v) is 2.79. The van der Waals surface area contributed by atoms with Crippen LogP contribution in [0.4, 0.5) is 0 Å². The Hall–Kier alpha value is -0.730. The van der Waals surface area contributed by atoms with E-state index in [1.807, 2.05) is 0 Å². The van der Waals surface area contributed by atoms with Crippen molar-refractivity contribution in [2.24, 2.45) is 10.7 Å². The molecule has 46 valence electrons. The number of amidine groups is 1. The summed E-state index contributed by atoms with van der Waals surface area (Å²) in [5, 5.41) is 0. The van der Waals surface area contributed by atoms with E-state index in [0.29, 0.717) is 18.7 Å². The van der Waals surface area contributed by atoms with E-state index < -0.39 is 0 Å². The van der Waals surface area contributed by atoms with Crippen molar-refractivity contribution in [1.82, 2.24) is 0 Å². The lowest BCUT2D eigenvalue weighted by Crippen LogP contribution is -2.10. The molecule has 0 fully saturated rings. The zero-order chi connectivity index (χ0) is 5.98. The highest BCUT2D eigenvalue weighted by atomic mass is 16.5. The molecule has 1 aliphatic rings. The highest BCUT2D eigenvalue weighted by Gasteiger charge is 2.12. The smallest absolute Gasteiger partial charge is 0.282 e. The SMILES string of the molecule is CC[C@H]1COC(N)=N1. The van der Waals surface area contributed by atoms with E-state index in [1.54, 1.807) is 0 Å². The molecule has 3 nitrogen and oxygen atoms in total. The van der Waals surface area contributed by atoms with Gasteiger partial charge in [0.25, 0.3) is 6.02 Å². The lowest BCUT2D eigenvalue weighted by Gasteiger charge is -1.95. The Balaban J connectivity index is 2.41. The summed E-state index contributed by atoms with van der Waals surface area (Å²) in [6, 6.07) is 0.659. The van der Waals surface area contributed by atoms with Crippen LogP contribution in [0, 0.1) is 0 Å². The number of aliphatic imine (C=N–C) groups is 1. The third-order valence-corrected chi connectivity index (χ3v) is 1.20. The number of nitrogens with zero attached hydrogens (tertiary/aromatic N) is 1. The zero-order valence-corrected chi connectivity index (χ0v) is 4.92. The van der Waals surface area contributed by atoms with Gasteiger partial charge in [-0.1, -0.05) is 6.92 Å². The van der Waals surface area contributed by atoms with Crippen LogP contribution in [0.2, 0.25) is 0 Å². The molecular weight excluding hydrogens is 104 g/mol. The Bertz CT molecular complexity index is 111. The Morgan fingerprint density at radius 1 is 2.00 bits per heavy atom. The third kappa shape index (κ3) is 0.911. The van der Waals surface area contributed by atoms with Gasteiger partial charge in [-0.15, -0.1) is 0 Å². The van der Waals surface area contributed by atoms with E-state index in [2.05, 4.69) is 11.9 Å². The Morgan fingerprint density at radius 2 is 2.75 bits per heavy atom. The summed E-state index contributed by atoms with van der Waals surface area (Å²) in [5.74, 6) is 0. The lowest BCUT2D eigenvalue weighted by molar-refractivity contribution is 0.310. The largest absolute Gasteiger partial charge is 0.463 e. The molecule has 0 spiro atoms. The minimum absolute atomic E-state index is 0.315. The molecule has 0 aliphatic carbocycles. The molecule has 0 aromatic rings. The molecular formula is C5H10N2O. The number of hydrogen-bond donors (Lipinski definition) is 1. The summed E-state index contributed by atoms with van der Waals surface area (Å²) in [6.07, 6.45) is 1.01. The van der Waals surface area contributed by atoms with E-state index >= 15 is 0 Å². The zero-order valence-electron chi connectivity index (χ0n) is 4.92. The molecule has 0 unspecified atom stereocenters. The fraction of sp³-hybridized carbons (Fsp3) is 0.800. The molecule has 0 aromatic carbocycles. The lowest BCUT2D eigenvalue weighted by atomic mass is 10.3. The first kappa shape index (κ1) is 5.41. The second-order valence-corrected chi connectivity index (χ2v) is 1.84. The maximum Gasteiger partial charge on any atom is 0.282 e. The van der Waals surface area contributed by atoms with Crippen molar-refractivity contribution in [3.05, 3.63) is 0 Å². The van der Waals surface area contributed by atoms with Gasteiger partial charge >= 0.3 is 0 Å². The summed E-state index contributed by atoms with van der Waals surface area (Å²) in [4.78, 5) is 3.98. The summed E-state index contributed by atoms with van der Waals surface area (Å²) < 4.78 is 4.88. The van der Waals surface area contributed by atoms with Gasteiger partial charge in [-0.25, -0.2) is 4.99 Å². The molecule has 0 bridgehead atoms. The van der Waals surface area contributed by atoms with Crippen LogP contribution in [0.3, 0.4) is 0 Å². The van der Waals surface area contributed by atoms with Crippen LogP contribution in [-0.2, 0) is 4.74 Å². The van der Waals surface area contributed by atoms with Crippen molar-refractivity contribution in [3.63, 3.8) is 0 Å². The van der Waals surface area contributed by atoms with Gasteiger partial charge in [0.05, 0.1) is 6.04 Å². The van der Waals surface area contributed by atoms with Crippen LogP contribution in [0.15, 0.2) is 4.99 Å². The summed E-state index contributed by atoms with van der Waals surface area (Å²) in [5.41, 5.74) is 5.23. The van der Waals surface area contributed by atoms with Gasteiger partial charge in [0.2, 0.25) is 0 Å². The first-order valence-electron chi connectivity index (χ1n) is 2.79. The molecule has 3 heteroatoms. The highest BCUT2D eigenvalue weighted by Crippen LogP contribution is 2.03. The van der Waals surface area contributed by atoms with Gasteiger partial charge in [-0.2, -0.15) is 0 Å². The molecule has 8 heavy (non-hydrogen) atoms. The van der Waals surface area contributed by atoms with Crippen molar-refractivity contribution in [1.29, 1.82) is 0 Å². The second-order valence-electron chi connectivity index (χ2n) is 1.84. The van der Waals surface area contributed by atoms with Gasteiger partial charge in [0.15, 0.2) is 0 Å². The van der Waals surface area contributed by atoms with Crippen LogP contribution in [0.25, 0.3) is 0 Å². The van der Waals surface area contributed by atoms with Gasteiger partial charge in [-0.05, 0) is 6.42 Å². The third-order valence-electron chi connectivity index (χ3n) is 1.20. The molecule has 0 radical (unpaired) electrons. The summed E-state index contributed by atoms with van der Waals surface area (Å²) in [6.45, 7) is 2.73. The predicted octanol–water partition coefficient (Wildman–Crippen LogP) is 0.110. The van der Waals surface area contributed by atoms with Gasteiger partial charge in [0.1, 0.15) is 6.61 Å². The molecule has 0 saturated heterocycles. The number of ether oxygens (including phenoxy) is 1. The van der Waals surface area contributed by atoms with Crippen LogP contribution >= 0.6 is 0 Å². The van der Waals surface area contributed by atoms with Crippen LogP contribution in [-0.4, -0.2) is 18.7 Å². The van der Waals surface area contributed by atoms with E-state index in [9.17, 15) is 0 Å². The van der Waals surface area contributed by atoms with Gasteiger partial charge in [0, 0.05) is 0 Å². The molecule has 0 aromatic heterocycles. The molecule has 0 saturated carbocycles. The monoisotopic (exact) mass is 114 g/mol. The Labute approximate surface area is 48.5 Å². The highest BCUT2D eigenvalue weighted by molar-refractivity contribution is 5.72. The van der Waals surface area contributed by atoms with Crippen molar-refractivity contribution in [3.8, 4) is 0 Å². The molecule has 2 N–H and O–H groups in total. The van der Waals surface area contributed by atoms with Gasteiger partial charge < -0.3 is 10.5 Å². The maximum atomic E-state index is 5.23. The predicted molar refractivity (Wildman–Crippen MR) is 31.7 cm³/mol. The maximum absolute atomic E-state index is 5.23. The van der Waals surface area contributed by atoms with Crippen molar-refractivity contribution < 1.29 is 4.74 Å². The van der Waals surface area contributed by atoms with Crippen LogP contribution in [0.5, 0.6) is 0 Å². The fourth-order valence-corrected chi connectivity index (χ4v) is 0.645. The van der Waals surface area contributed by atoms with Crippen LogP contribution < -0.4 is 5.73 Å². The topological polar surface area (TPSA) is 47.6 Å². The minimum atomic E-state index is 0.315. The molecule has 1 rings (SSSR count). The van der Waals surface area contributed by atoms with E-state index in [1.165, 1.54) is 0 Å². The number of nitrogens with two attached hydrogens (primary N) is 1. The molecule has 0 amide bonds. The number of rotatable bonds is 1. The summed E-state index contributed by atoms with van der Waals surface area (Å²) in [7, 11) is 0. The van der Waals surface area contributed by atoms with E-state index in [0.717, 1.165) is 6.42 Å². The first-order chi connectivity index (χ1) is 3.83. The van der Waals surface area contributed by atoms with Crippen molar-refractivity contribution in [2.45, 2.75) is 19.4 Å². The normalized spacial score (nSPS) is 27.1. The number of hydrogen-bond acceptors (Lipinski definition) is 3. The molecule has 1 aliphatic heterocycles. The average Bonchev–Trinajstić information content (AvgIpc) is 2.14. The quantitative estimate of drug-likeness (QED) is 0.526. The minimum Gasteiger partial charge on any atom is -0.463 e. The van der Waals surface area contributed by atoms with Crippen molar-refractivity contribution in [2.75, 3.05) is 6.61 Å². The van der Waals surface area contributed by atoms with Gasteiger partial charge in [-0.3, -0.25) is 0 Å².